The molecule has 1 aliphatic carbocycles. The fourth-order valence-corrected chi connectivity index (χ4v) is 3.13. The second-order valence-electron chi connectivity index (χ2n) is 5.74. The van der Waals surface area contributed by atoms with Gasteiger partial charge in [-0.05, 0) is 43.5 Å². The molecule has 3 rings (SSSR count). The van der Waals surface area contributed by atoms with Crippen molar-refractivity contribution >= 4 is 11.6 Å². The topological polar surface area (TPSA) is 52.9 Å². The van der Waals surface area contributed by atoms with E-state index in [9.17, 15) is 27.5 Å². The summed E-state index contributed by atoms with van der Waals surface area (Å²) in [5, 5.41) is 14.2. The Balaban J connectivity index is 2.03. The Labute approximate surface area is 129 Å². The predicted octanol–water partition coefficient (Wildman–Crippen LogP) is 3.08. The minimum absolute atomic E-state index is 0.113. The van der Waals surface area contributed by atoms with Gasteiger partial charge >= 0.3 is 6.18 Å². The van der Waals surface area contributed by atoms with Crippen LogP contribution in [-0.2, 0) is 0 Å². The summed E-state index contributed by atoms with van der Waals surface area (Å²) >= 11 is 0. The number of benzene rings is 1. The van der Waals surface area contributed by atoms with E-state index in [2.05, 4.69) is 5.10 Å². The molecule has 4 nitrogen and oxygen atoms in total. The van der Waals surface area contributed by atoms with Gasteiger partial charge in [0.1, 0.15) is 5.82 Å². The van der Waals surface area contributed by atoms with E-state index in [1.165, 1.54) is 0 Å². The summed E-state index contributed by atoms with van der Waals surface area (Å²) in [5.74, 6) is -2.97. The van der Waals surface area contributed by atoms with E-state index in [0.717, 1.165) is 24.3 Å². The summed E-state index contributed by atoms with van der Waals surface area (Å²) in [6.07, 6.45) is -3.42. The van der Waals surface area contributed by atoms with E-state index in [4.69, 9.17) is 0 Å². The monoisotopic (exact) mass is 330 g/mol. The van der Waals surface area contributed by atoms with Crippen LogP contribution < -0.4 is 0 Å². The van der Waals surface area contributed by atoms with E-state index in [-0.39, 0.29) is 22.7 Å². The van der Waals surface area contributed by atoms with Gasteiger partial charge < -0.3 is 5.11 Å². The fraction of sp³-hybridized carbons (Fsp3) is 0.467. The Morgan fingerprint density at radius 1 is 1.26 bits per heavy atom. The van der Waals surface area contributed by atoms with Crippen LogP contribution in [-0.4, -0.2) is 33.6 Å². The van der Waals surface area contributed by atoms with Crippen molar-refractivity contribution in [3.05, 3.63) is 35.6 Å². The van der Waals surface area contributed by atoms with Crippen LogP contribution in [0.1, 0.15) is 36.0 Å². The molecule has 0 spiro atoms. The molecule has 2 atom stereocenters. The van der Waals surface area contributed by atoms with E-state index >= 15 is 0 Å². The van der Waals surface area contributed by atoms with Crippen LogP contribution in [0.15, 0.2) is 29.4 Å². The maximum Gasteiger partial charge on any atom is 0.439 e. The van der Waals surface area contributed by atoms with Crippen LogP contribution in [0.2, 0.25) is 0 Å². The normalized spacial score (nSPS) is 27.6. The molecule has 0 aromatic heterocycles. The summed E-state index contributed by atoms with van der Waals surface area (Å²) in [6.45, 7) is 0. The van der Waals surface area contributed by atoms with Gasteiger partial charge in [-0.25, -0.2) is 4.39 Å². The van der Waals surface area contributed by atoms with Crippen LogP contribution in [0, 0.1) is 11.7 Å². The standard InChI is InChI=1S/C15H14F4N2O2/c16-10-7-5-9(6-8-10)13(22)21-14(23,15(17,18)19)11-3-1-2-4-12(11)20-21/h5-8,11,23H,1-4H2. The molecule has 1 N–H and O–H groups in total. The molecule has 0 bridgehead atoms. The molecule has 23 heavy (non-hydrogen) atoms. The van der Waals surface area contributed by atoms with Crippen molar-refractivity contribution in [3.8, 4) is 0 Å². The molecule has 0 radical (unpaired) electrons. The van der Waals surface area contributed by atoms with Crippen molar-refractivity contribution in [1.82, 2.24) is 5.01 Å². The molecule has 8 heteroatoms. The molecule has 0 saturated heterocycles. The first-order valence-corrected chi connectivity index (χ1v) is 7.21. The fourth-order valence-electron chi connectivity index (χ4n) is 3.13. The third-order valence-corrected chi connectivity index (χ3v) is 4.32. The molecule has 1 aromatic rings. The van der Waals surface area contributed by atoms with Gasteiger partial charge in [0.15, 0.2) is 0 Å². The van der Waals surface area contributed by atoms with Crippen LogP contribution in [0.25, 0.3) is 0 Å². The van der Waals surface area contributed by atoms with Gasteiger partial charge in [0.25, 0.3) is 11.6 Å². The number of hydrogen-bond donors (Lipinski definition) is 1. The Hall–Kier alpha value is -1.96. The maximum atomic E-state index is 13.5. The number of carbonyl (C=O) groups is 1. The molecule has 1 heterocycles. The number of rotatable bonds is 1. The molecule has 1 aromatic carbocycles. The van der Waals surface area contributed by atoms with Gasteiger partial charge in [-0.2, -0.15) is 23.3 Å². The highest BCUT2D eigenvalue weighted by molar-refractivity contribution is 5.99. The van der Waals surface area contributed by atoms with E-state index < -0.39 is 29.5 Å². The number of fused-ring (bicyclic) bond motifs is 1. The summed E-state index contributed by atoms with van der Waals surface area (Å²) in [7, 11) is 0. The zero-order chi connectivity index (χ0) is 16.8. The summed E-state index contributed by atoms with van der Waals surface area (Å²) < 4.78 is 53.5. The molecule has 2 unspecified atom stereocenters. The van der Waals surface area contributed by atoms with Gasteiger partial charge in [-0.3, -0.25) is 4.79 Å². The third kappa shape index (κ3) is 2.41. The van der Waals surface area contributed by atoms with Crippen molar-refractivity contribution < 1.29 is 27.5 Å². The molecule has 2 aliphatic rings. The van der Waals surface area contributed by atoms with Crippen molar-refractivity contribution in [2.45, 2.75) is 37.6 Å². The quantitative estimate of drug-likeness (QED) is 0.805. The van der Waals surface area contributed by atoms with Crippen LogP contribution in [0.5, 0.6) is 0 Å². The van der Waals surface area contributed by atoms with Crippen molar-refractivity contribution in [2.75, 3.05) is 0 Å². The number of carbonyl (C=O) groups excluding carboxylic acids is 1. The molecule has 124 valence electrons. The molecule has 1 amide bonds. The average Bonchev–Trinajstić information content (AvgIpc) is 2.82. The van der Waals surface area contributed by atoms with Gasteiger partial charge in [0, 0.05) is 11.3 Å². The second kappa shape index (κ2) is 5.30. The van der Waals surface area contributed by atoms with E-state index in [1.807, 2.05) is 0 Å². The molecule has 1 fully saturated rings. The van der Waals surface area contributed by atoms with Gasteiger partial charge in [0.05, 0.1) is 5.92 Å². The van der Waals surface area contributed by atoms with Crippen molar-refractivity contribution in [2.24, 2.45) is 11.0 Å². The predicted molar refractivity (Wildman–Crippen MR) is 73.0 cm³/mol. The Kier molecular flexibility index (Phi) is 3.66. The lowest BCUT2D eigenvalue weighted by atomic mass is 9.80. The van der Waals surface area contributed by atoms with Crippen molar-refractivity contribution in [1.29, 1.82) is 0 Å². The van der Waals surface area contributed by atoms with Gasteiger partial charge in [-0.15, -0.1) is 0 Å². The highest BCUT2D eigenvalue weighted by atomic mass is 19.4. The average molecular weight is 330 g/mol. The number of aliphatic hydroxyl groups is 1. The number of alkyl halides is 3. The zero-order valence-corrected chi connectivity index (χ0v) is 12.0. The maximum absolute atomic E-state index is 13.5. The first kappa shape index (κ1) is 15.9. The number of hydrazone groups is 1. The van der Waals surface area contributed by atoms with Crippen LogP contribution in [0.3, 0.4) is 0 Å². The largest absolute Gasteiger partial charge is 0.439 e. The summed E-state index contributed by atoms with van der Waals surface area (Å²) in [4.78, 5) is 12.4. The number of halogens is 4. The van der Waals surface area contributed by atoms with E-state index in [1.54, 1.807) is 0 Å². The SMILES string of the molecule is O=C(c1ccc(F)cc1)N1N=C2CCCCC2C1(O)C(F)(F)F. The van der Waals surface area contributed by atoms with Crippen LogP contribution >= 0.6 is 0 Å². The molecule has 1 saturated carbocycles. The highest BCUT2D eigenvalue weighted by Crippen LogP contribution is 2.48. The zero-order valence-electron chi connectivity index (χ0n) is 12.0. The lowest BCUT2D eigenvalue weighted by Gasteiger charge is -2.38. The third-order valence-electron chi connectivity index (χ3n) is 4.32. The van der Waals surface area contributed by atoms with Crippen molar-refractivity contribution in [3.63, 3.8) is 0 Å². The first-order chi connectivity index (χ1) is 10.7. The smallest absolute Gasteiger partial charge is 0.362 e. The Morgan fingerprint density at radius 2 is 1.91 bits per heavy atom. The molecule has 1 aliphatic heterocycles. The van der Waals surface area contributed by atoms with E-state index in [0.29, 0.717) is 19.3 Å². The summed E-state index contributed by atoms with van der Waals surface area (Å²) in [6, 6.07) is 4.07. The Morgan fingerprint density at radius 3 is 2.52 bits per heavy atom. The second-order valence-corrected chi connectivity index (χ2v) is 5.74. The van der Waals surface area contributed by atoms with Gasteiger partial charge in [-0.1, -0.05) is 6.42 Å². The molecular weight excluding hydrogens is 316 g/mol. The first-order valence-electron chi connectivity index (χ1n) is 7.21. The number of nitrogens with zero attached hydrogens (tertiary/aromatic N) is 2. The highest BCUT2D eigenvalue weighted by Gasteiger charge is 2.68. The number of amides is 1. The van der Waals surface area contributed by atoms with Crippen LogP contribution in [0.4, 0.5) is 17.6 Å². The summed E-state index contributed by atoms with van der Waals surface area (Å²) in [5.41, 5.74) is -3.34. The minimum atomic E-state index is -5.05. The molecular formula is C15H14F4N2O2. The van der Waals surface area contributed by atoms with Gasteiger partial charge in [0.2, 0.25) is 0 Å². The number of hydrogen-bond acceptors (Lipinski definition) is 3. The Bertz CT molecular complexity index is 656. The lowest BCUT2D eigenvalue weighted by Crippen LogP contribution is -2.61. The lowest BCUT2D eigenvalue weighted by molar-refractivity contribution is -0.312. The minimum Gasteiger partial charge on any atom is -0.362 e.